The van der Waals surface area contributed by atoms with Crippen molar-refractivity contribution in [3.63, 3.8) is 0 Å². The van der Waals surface area contributed by atoms with Crippen molar-refractivity contribution >= 4 is 28.4 Å². The molecule has 0 heterocycles. The SMILES string of the molecule is CNC(C)CNS(=O)(=O)c1ccc(OC)c(C(=O)OC)c1.Cl. The molecule has 1 aromatic carbocycles. The van der Waals surface area contributed by atoms with Crippen LogP contribution in [0.1, 0.15) is 17.3 Å². The van der Waals surface area contributed by atoms with E-state index in [0.717, 1.165) is 0 Å². The van der Waals surface area contributed by atoms with Crippen LogP contribution in [0, 0.1) is 0 Å². The summed E-state index contributed by atoms with van der Waals surface area (Å²) in [6.07, 6.45) is 0. The molecule has 0 aliphatic carbocycles. The van der Waals surface area contributed by atoms with Crippen LogP contribution in [0.5, 0.6) is 5.75 Å². The van der Waals surface area contributed by atoms with Gasteiger partial charge in [0.05, 0.1) is 19.1 Å². The van der Waals surface area contributed by atoms with Crippen LogP contribution in [0.4, 0.5) is 0 Å². The number of methoxy groups -OCH3 is 2. The van der Waals surface area contributed by atoms with E-state index in [1.54, 1.807) is 7.05 Å². The van der Waals surface area contributed by atoms with Crippen LogP contribution in [0.15, 0.2) is 23.1 Å². The van der Waals surface area contributed by atoms with Gasteiger partial charge in [0, 0.05) is 12.6 Å². The van der Waals surface area contributed by atoms with Crippen molar-refractivity contribution in [2.24, 2.45) is 0 Å². The van der Waals surface area contributed by atoms with Gasteiger partial charge in [0.1, 0.15) is 11.3 Å². The summed E-state index contributed by atoms with van der Waals surface area (Å²) in [6, 6.07) is 4.01. The first-order valence-electron chi connectivity index (χ1n) is 6.29. The Hall–Kier alpha value is -1.35. The van der Waals surface area contributed by atoms with Crippen LogP contribution in [0.25, 0.3) is 0 Å². The fraction of sp³-hybridized carbons (Fsp3) is 0.462. The highest BCUT2D eigenvalue weighted by atomic mass is 35.5. The molecule has 0 radical (unpaired) electrons. The topological polar surface area (TPSA) is 93.7 Å². The third-order valence-corrected chi connectivity index (χ3v) is 4.38. The Balaban J connectivity index is 0.00000441. The maximum atomic E-state index is 12.2. The molecule has 2 N–H and O–H groups in total. The molecule has 0 aliphatic heterocycles. The molecule has 0 saturated carbocycles. The Bertz CT molecular complexity index is 606. The molecule has 0 aliphatic rings. The molecule has 22 heavy (non-hydrogen) atoms. The highest BCUT2D eigenvalue weighted by molar-refractivity contribution is 7.89. The van der Waals surface area contributed by atoms with Crippen molar-refractivity contribution in [3.8, 4) is 5.75 Å². The number of nitrogens with one attached hydrogen (secondary N) is 2. The number of esters is 1. The molecule has 1 unspecified atom stereocenters. The van der Waals surface area contributed by atoms with Gasteiger partial charge in [-0.3, -0.25) is 0 Å². The van der Waals surface area contributed by atoms with Gasteiger partial charge in [-0.15, -0.1) is 12.4 Å². The Morgan fingerprint density at radius 2 is 1.95 bits per heavy atom. The van der Waals surface area contributed by atoms with Crippen molar-refractivity contribution in [1.29, 1.82) is 0 Å². The highest BCUT2D eigenvalue weighted by Gasteiger charge is 2.20. The summed E-state index contributed by atoms with van der Waals surface area (Å²) in [5.41, 5.74) is 0.0598. The van der Waals surface area contributed by atoms with Crippen molar-refractivity contribution in [2.75, 3.05) is 27.8 Å². The minimum Gasteiger partial charge on any atom is -0.496 e. The van der Waals surface area contributed by atoms with E-state index in [1.165, 1.54) is 32.4 Å². The van der Waals surface area contributed by atoms with Gasteiger partial charge in [-0.25, -0.2) is 17.9 Å². The second-order valence-electron chi connectivity index (χ2n) is 4.40. The Morgan fingerprint density at radius 1 is 1.32 bits per heavy atom. The summed E-state index contributed by atoms with van der Waals surface area (Å²) in [7, 11) is 0.640. The Labute approximate surface area is 136 Å². The summed E-state index contributed by atoms with van der Waals surface area (Å²) in [5, 5.41) is 2.92. The average Bonchev–Trinajstić information content (AvgIpc) is 2.51. The van der Waals surface area contributed by atoms with Crippen LogP contribution in [-0.2, 0) is 14.8 Å². The Morgan fingerprint density at radius 3 is 2.45 bits per heavy atom. The maximum Gasteiger partial charge on any atom is 0.341 e. The van der Waals surface area contributed by atoms with E-state index in [-0.39, 0.29) is 41.2 Å². The molecule has 1 atom stereocenters. The van der Waals surface area contributed by atoms with Crippen LogP contribution >= 0.6 is 12.4 Å². The second-order valence-corrected chi connectivity index (χ2v) is 6.16. The lowest BCUT2D eigenvalue weighted by atomic mass is 10.2. The zero-order valence-electron chi connectivity index (χ0n) is 12.9. The van der Waals surface area contributed by atoms with E-state index in [1.807, 2.05) is 6.92 Å². The molecule has 9 heteroatoms. The molecule has 0 bridgehead atoms. The number of carbonyl (C=O) groups is 1. The molecule has 0 saturated heterocycles. The number of hydrogen-bond acceptors (Lipinski definition) is 6. The fourth-order valence-corrected chi connectivity index (χ4v) is 2.70. The quantitative estimate of drug-likeness (QED) is 0.705. The van der Waals surface area contributed by atoms with Crippen molar-refractivity contribution in [1.82, 2.24) is 10.0 Å². The fourth-order valence-electron chi connectivity index (χ4n) is 1.54. The highest BCUT2D eigenvalue weighted by Crippen LogP contribution is 2.23. The molecule has 0 amide bonds. The maximum absolute atomic E-state index is 12.2. The number of hydrogen-bond donors (Lipinski definition) is 2. The van der Waals surface area contributed by atoms with Crippen molar-refractivity contribution in [2.45, 2.75) is 17.9 Å². The molecule has 0 aromatic heterocycles. The lowest BCUT2D eigenvalue weighted by Gasteiger charge is -2.13. The molecule has 126 valence electrons. The Kier molecular flexibility index (Phi) is 8.39. The van der Waals surface area contributed by atoms with Crippen molar-refractivity contribution < 1.29 is 22.7 Å². The molecule has 7 nitrogen and oxygen atoms in total. The zero-order valence-corrected chi connectivity index (χ0v) is 14.5. The van der Waals surface area contributed by atoms with Gasteiger partial charge in [-0.2, -0.15) is 0 Å². The van der Waals surface area contributed by atoms with E-state index < -0.39 is 16.0 Å². The smallest absolute Gasteiger partial charge is 0.341 e. The monoisotopic (exact) mass is 352 g/mol. The number of carbonyl (C=O) groups excluding carboxylic acids is 1. The van der Waals surface area contributed by atoms with E-state index in [0.29, 0.717) is 0 Å². The standard InChI is InChI=1S/C13H20N2O5S.ClH/c1-9(14-2)8-15-21(17,18)10-5-6-12(19-3)11(7-10)13(16)20-4;/h5-7,9,14-15H,8H2,1-4H3;1H. The molecule has 0 spiro atoms. The van der Waals surface area contributed by atoms with Gasteiger partial charge in [-0.1, -0.05) is 0 Å². The zero-order chi connectivity index (χ0) is 16.0. The number of rotatable bonds is 7. The second kappa shape index (κ2) is 8.94. The van der Waals surface area contributed by atoms with Gasteiger partial charge in [0.2, 0.25) is 10.0 Å². The molecular weight excluding hydrogens is 332 g/mol. The lowest BCUT2D eigenvalue weighted by molar-refractivity contribution is 0.0597. The van der Waals surface area contributed by atoms with E-state index >= 15 is 0 Å². The normalized spacial score (nSPS) is 12.2. The largest absolute Gasteiger partial charge is 0.496 e. The summed E-state index contributed by atoms with van der Waals surface area (Å²) in [4.78, 5) is 11.6. The third-order valence-electron chi connectivity index (χ3n) is 2.96. The van der Waals surface area contributed by atoms with Crippen LogP contribution < -0.4 is 14.8 Å². The van der Waals surface area contributed by atoms with E-state index in [4.69, 9.17) is 4.74 Å². The number of likely N-dealkylation sites (N-methyl/N-ethyl adjacent to an activating group) is 1. The first-order valence-corrected chi connectivity index (χ1v) is 7.77. The molecule has 0 fully saturated rings. The summed E-state index contributed by atoms with van der Waals surface area (Å²) >= 11 is 0. The number of sulfonamides is 1. The number of halogens is 1. The molecule has 1 rings (SSSR count). The van der Waals surface area contributed by atoms with Gasteiger partial charge in [0.25, 0.3) is 0 Å². The van der Waals surface area contributed by atoms with Crippen LogP contribution in [0.2, 0.25) is 0 Å². The van der Waals surface area contributed by atoms with Gasteiger partial charge >= 0.3 is 5.97 Å². The van der Waals surface area contributed by atoms with Crippen LogP contribution in [-0.4, -0.2) is 48.2 Å². The minimum absolute atomic E-state index is 0. The van der Waals surface area contributed by atoms with Crippen LogP contribution in [0.3, 0.4) is 0 Å². The number of benzene rings is 1. The van der Waals surface area contributed by atoms with E-state index in [2.05, 4.69) is 14.8 Å². The molecular formula is C13H21ClN2O5S. The van der Waals surface area contributed by atoms with Gasteiger partial charge in [0.15, 0.2) is 0 Å². The first-order chi connectivity index (χ1) is 9.85. The van der Waals surface area contributed by atoms with Gasteiger partial charge in [-0.05, 0) is 32.2 Å². The van der Waals surface area contributed by atoms with E-state index in [9.17, 15) is 13.2 Å². The predicted octanol–water partition coefficient (Wildman–Crippen LogP) is 0.790. The lowest BCUT2D eigenvalue weighted by Crippen LogP contribution is -2.37. The van der Waals surface area contributed by atoms with Crippen molar-refractivity contribution in [3.05, 3.63) is 23.8 Å². The summed E-state index contributed by atoms with van der Waals surface area (Å²) in [5.74, 6) is -0.406. The summed E-state index contributed by atoms with van der Waals surface area (Å²) < 4.78 is 36.5. The minimum atomic E-state index is -3.71. The third kappa shape index (κ3) is 5.13. The average molecular weight is 353 g/mol. The number of ether oxygens (including phenoxy) is 2. The summed E-state index contributed by atoms with van der Waals surface area (Å²) in [6.45, 7) is 2.08. The first kappa shape index (κ1) is 20.6. The predicted molar refractivity (Wildman–Crippen MR) is 85.3 cm³/mol. The van der Waals surface area contributed by atoms with Gasteiger partial charge < -0.3 is 14.8 Å². The molecule has 1 aromatic rings.